The number of thiazole rings is 1. The van der Waals surface area contributed by atoms with Crippen LogP contribution in [0.25, 0.3) is 0 Å². The van der Waals surface area contributed by atoms with Crippen LogP contribution < -0.4 is 9.47 Å². The first-order chi connectivity index (χ1) is 10.7. The molecule has 0 spiro atoms. The molecule has 5 nitrogen and oxygen atoms in total. The Morgan fingerprint density at radius 1 is 1.18 bits per heavy atom. The molecule has 2 rings (SSSR count). The average Bonchev–Trinajstić information content (AvgIpc) is 2.93. The maximum Gasteiger partial charge on any atom is 0.309 e. The Morgan fingerprint density at radius 3 is 2.55 bits per heavy atom. The van der Waals surface area contributed by atoms with Gasteiger partial charge < -0.3 is 14.2 Å². The zero-order valence-electron chi connectivity index (χ0n) is 12.7. The highest BCUT2D eigenvalue weighted by Gasteiger charge is 2.06. The summed E-state index contributed by atoms with van der Waals surface area (Å²) < 4.78 is 15.7. The van der Waals surface area contributed by atoms with Crippen LogP contribution in [0.3, 0.4) is 0 Å². The highest BCUT2D eigenvalue weighted by Crippen LogP contribution is 2.17. The van der Waals surface area contributed by atoms with E-state index in [0.29, 0.717) is 25.4 Å². The van der Waals surface area contributed by atoms with Crippen molar-refractivity contribution in [3.8, 4) is 11.5 Å². The smallest absolute Gasteiger partial charge is 0.309 e. The molecule has 0 saturated heterocycles. The van der Waals surface area contributed by atoms with E-state index in [1.54, 1.807) is 36.1 Å². The van der Waals surface area contributed by atoms with Gasteiger partial charge in [0.25, 0.3) is 0 Å². The van der Waals surface area contributed by atoms with Gasteiger partial charge in [-0.2, -0.15) is 0 Å². The average molecular weight is 321 g/mol. The molecule has 6 heteroatoms. The van der Waals surface area contributed by atoms with Crippen molar-refractivity contribution < 1.29 is 19.0 Å². The number of aromatic nitrogens is 1. The van der Waals surface area contributed by atoms with Crippen LogP contribution in [0.5, 0.6) is 11.5 Å². The minimum Gasteiger partial charge on any atom is -0.497 e. The molecule has 0 aliphatic heterocycles. The van der Waals surface area contributed by atoms with E-state index < -0.39 is 0 Å². The minimum absolute atomic E-state index is 0.230. The third-order valence-electron chi connectivity index (χ3n) is 3.07. The van der Waals surface area contributed by atoms with Crippen LogP contribution in [0.2, 0.25) is 0 Å². The van der Waals surface area contributed by atoms with Crippen LogP contribution in [0.1, 0.15) is 17.0 Å². The lowest BCUT2D eigenvalue weighted by Gasteiger charge is -2.07. The summed E-state index contributed by atoms with van der Waals surface area (Å²) in [5, 5.41) is 0. The molecule has 0 fully saturated rings. The van der Waals surface area contributed by atoms with Crippen LogP contribution in [0.15, 0.2) is 29.8 Å². The Kier molecular flexibility index (Phi) is 6.21. The first-order valence-electron chi connectivity index (χ1n) is 7.00. The molecule has 0 N–H and O–H groups in total. The minimum atomic E-state index is -0.254. The van der Waals surface area contributed by atoms with E-state index in [-0.39, 0.29) is 12.4 Å². The monoisotopic (exact) mass is 321 g/mol. The van der Waals surface area contributed by atoms with Gasteiger partial charge in [-0.15, -0.1) is 11.3 Å². The van der Waals surface area contributed by atoms with Crippen molar-refractivity contribution in [3.63, 3.8) is 0 Å². The molecule has 1 aromatic heterocycles. The highest BCUT2D eigenvalue weighted by atomic mass is 32.1. The second-order valence-corrected chi connectivity index (χ2v) is 5.54. The van der Waals surface area contributed by atoms with Gasteiger partial charge in [0.15, 0.2) is 0 Å². The van der Waals surface area contributed by atoms with Crippen molar-refractivity contribution in [1.29, 1.82) is 0 Å². The lowest BCUT2D eigenvalue weighted by Crippen LogP contribution is -2.11. The van der Waals surface area contributed by atoms with Crippen molar-refractivity contribution >= 4 is 17.3 Å². The summed E-state index contributed by atoms with van der Waals surface area (Å²) in [5.41, 5.74) is 2.80. The molecule has 0 bridgehead atoms. The zero-order chi connectivity index (χ0) is 15.8. The lowest BCUT2D eigenvalue weighted by atomic mass is 10.3. The SMILES string of the molecule is COc1ccc(OCCC(=O)OCCc2scnc2C)cc1. The van der Waals surface area contributed by atoms with Crippen LogP contribution >= 0.6 is 11.3 Å². The fourth-order valence-corrected chi connectivity index (χ4v) is 2.58. The van der Waals surface area contributed by atoms with E-state index >= 15 is 0 Å². The molecule has 1 aromatic carbocycles. The molecule has 0 atom stereocenters. The normalized spacial score (nSPS) is 10.3. The number of hydrogen-bond donors (Lipinski definition) is 0. The lowest BCUT2D eigenvalue weighted by molar-refractivity contribution is -0.144. The summed E-state index contributed by atoms with van der Waals surface area (Å²) >= 11 is 1.58. The Labute approximate surface area is 133 Å². The number of rotatable bonds is 8. The van der Waals surface area contributed by atoms with Gasteiger partial charge >= 0.3 is 5.97 Å². The van der Waals surface area contributed by atoms with Crippen molar-refractivity contribution in [3.05, 3.63) is 40.3 Å². The number of hydrogen-bond acceptors (Lipinski definition) is 6. The maximum absolute atomic E-state index is 11.6. The zero-order valence-corrected chi connectivity index (χ0v) is 13.5. The van der Waals surface area contributed by atoms with Crippen molar-refractivity contribution in [1.82, 2.24) is 4.98 Å². The van der Waals surface area contributed by atoms with Gasteiger partial charge in [-0.25, -0.2) is 4.98 Å². The van der Waals surface area contributed by atoms with Gasteiger partial charge in [-0.05, 0) is 31.2 Å². The third kappa shape index (κ3) is 5.04. The Hall–Kier alpha value is -2.08. The van der Waals surface area contributed by atoms with Gasteiger partial charge in [0.1, 0.15) is 11.5 Å². The Bertz CT molecular complexity index is 594. The van der Waals surface area contributed by atoms with E-state index in [0.717, 1.165) is 16.3 Å². The van der Waals surface area contributed by atoms with Crippen molar-refractivity contribution in [2.75, 3.05) is 20.3 Å². The molecule has 0 aliphatic rings. The first kappa shape index (κ1) is 16.3. The molecule has 0 unspecified atom stereocenters. The number of methoxy groups -OCH3 is 1. The molecule has 118 valence electrons. The molecule has 0 aliphatic carbocycles. The standard InChI is InChI=1S/C16H19NO4S/c1-12-15(22-11-17-12)7-9-21-16(18)8-10-20-14-5-3-13(19-2)4-6-14/h3-6,11H,7-10H2,1-2H3. The number of benzene rings is 1. The number of ether oxygens (including phenoxy) is 3. The highest BCUT2D eigenvalue weighted by molar-refractivity contribution is 7.09. The van der Waals surface area contributed by atoms with Gasteiger partial charge in [-0.3, -0.25) is 4.79 Å². The Morgan fingerprint density at radius 2 is 1.91 bits per heavy atom. The fraction of sp³-hybridized carbons (Fsp3) is 0.375. The van der Waals surface area contributed by atoms with Gasteiger partial charge in [0.2, 0.25) is 0 Å². The van der Waals surface area contributed by atoms with E-state index in [4.69, 9.17) is 14.2 Å². The quantitative estimate of drug-likeness (QED) is 0.700. The largest absolute Gasteiger partial charge is 0.497 e. The van der Waals surface area contributed by atoms with E-state index in [1.165, 1.54) is 0 Å². The second kappa shape index (κ2) is 8.38. The molecule has 2 aromatic rings. The van der Waals surface area contributed by atoms with Crippen molar-refractivity contribution in [2.24, 2.45) is 0 Å². The molecule has 0 saturated carbocycles. The summed E-state index contributed by atoms with van der Waals surface area (Å²) in [6, 6.07) is 7.23. The third-order valence-corrected chi connectivity index (χ3v) is 4.07. The van der Waals surface area contributed by atoms with Crippen LogP contribution in [0.4, 0.5) is 0 Å². The summed E-state index contributed by atoms with van der Waals surface area (Å²) in [6.45, 7) is 2.63. The predicted octanol–water partition coefficient (Wildman–Crippen LogP) is 3.01. The molecule has 0 amide bonds. The van der Waals surface area contributed by atoms with E-state index in [2.05, 4.69) is 4.98 Å². The van der Waals surface area contributed by atoms with Gasteiger partial charge in [-0.1, -0.05) is 0 Å². The summed E-state index contributed by atoms with van der Waals surface area (Å²) in [7, 11) is 1.61. The fourth-order valence-electron chi connectivity index (χ4n) is 1.82. The first-order valence-corrected chi connectivity index (χ1v) is 7.88. The molecular formula is C16H19NO4S. The Balaban J connectivity index is 1.62. The van der Waals surface area contributed by atoms with Crippen LogP contribution in [-0.2, 0) is 16.0 Å². The van der Waals surface area contributed by atoms with Gasteiger partial charge in [0.05, 0.1) is 37.9 Å². The molecule has 0 radical (unpaired) electrons. The molecular weight excluding hydrogens is 302 g/mol. The van der Waals surface area contributed by atoms with Gasteiger partial charge in [0, 0.05) is 11.3 Å². The number of esters is 1. The molecule has 22 heavy (non-hydrogen) atoms. The number of carbonyl (C=O) groups excluding carboxylic acids is 1. The topological polar surface area (TPSA) is 57.7 Å². The number of carbonyl (C=O) groups is 1. The second-order valence-electron chi connectivity index (χ2n) is 4.61. The maximum atomic E-state index is 11.6. The predicted molar refractivity (Wildman–Crippen MR) is 84.6 cm³/mol. The van der Waals surface area contributed by atoms with E-state index in [9.17, 15) is 4.79 Å². The van der Waals surface area contributed by atoms with Crippen molar-refractivity contribution in [2.45, 2.75) is 19.8 Å². The van der Waals surface area contributed by atoms with Crippen LogP contribution in [-0.4, -0.2) is 31.3 Å². The summed E-state index contributed by atoms with van der Waals surface area (Å²) in [5.74, 6) is 1.22. The van der Waals surface area contributed by atoms with E-state index in [1.807, 2.05) is 19.1 Å². The number of nitrogens with zero attached hydrogens (tertiary/aromatic N) is 1. The molecule has 1 heterocycles. The summed E-state index contributed by atoms with van der Waals surface area (Å²) in [6.07, 6.45) is 0.940. The summed E-state index contributed by atoms with van der Waals surface area (Å²) in [4.78, 5) is 16.9. The number of aryl methyl sites for hydroxylation is 1. The van der Waals surface area contributed by atoms with Crippen LogP contribution in [0, 0.1) is 6.92 Å².